The molecule has 0 aliphatic heterocycles. The van der Waals surface area contributed by atoms with E-state index in [0.29, 0.717) is 18.0 Å². The molecule has 0 saturated heterocycles. The van der Waals surface area contributed by atoms with Gasteiger partial charge in [-0.25, -0.2) is 15.0 Å². The summed E-state index contributed by atoms with van der Waals surface area (Å²) in [6.45, 7) is 1.96. The fraction of sp³-hybridized carbons (Fsp3) is 0.261. The summed E-state index contributed by atoms with van der Waals surface area (Å²) >= 11 is 5.78. The van der Waals surface area contributed by atoms with Crippen LogP contribution in [0.4, 0.5) is 23.4 Å². The highest BCUT2D eigenvalue weighted by Crippen LogP contribution is 2.17. The van der Waals surface area contributed by atoms with E-state index in [9.17, 15) is 9.59 Å². The molecule has 0 unspecified atom stereocenters. The topological polar surface area (TPSA) is 235 Å². The number of aliphatic imine (C=N–C) groups is 1. The van der Waals surface area contributed by atoms with Crippen LogP contribution in [0.5, 0.6) is 5.75 Å². The van der Waals surface area contributed by atoms with E-state index in [0.717, 1.165) is 24.8 Å². The van der Waals surface area contributed by atoms with Crippen LogP contribution in [0.1, 0.15) is 34.6 Å². The molecular formula is C23H28ClN11O3. The number of anilines is 4. The van der Waals surface area contributed by atoms with E-state index in [1.54, 1.807) is 25.1 Å². The van der Waals surface area contributed by atoms with Gasteiger partial charge in [0.2, 0.25) is 5.95 Å². The van der Waals surface area contributed by atoms with Crippen molar-refractivity contribution >= 4 is 52.8 Å². The number of nitrogens with one attached hydrogen (secondary N) is 2. The summed E-state index contributed by atoms with van der Waals surface area (Å²) in [5, 5.41) is 4.80. The van der Waals surface area contributed by atoms with E-state index in [1.807, 2.05) is 12.1 Å². The minimum atomic E-state index is -0.689. The van der Waals surface area contributed by atoms with Crippen LogP contribution in [0, 0.1) is 6.92 Å². The molecule has 3 rings (SSSR count). The van der Waals surface area contributed by atoms with Crippen molar-refractivity contribution in [2.24, 2.45) is 10.7 Å². The molecule has 1 aromatic carbocycles. The lowest BCUT2D eigenvalue weighted by molar-refractivity contribution is -0.118. The number of aryl methyl sites for hydroxylation is 2. The lowest BCUT2D eigenvalue weighted by atomic mass is 10.1. The van der Waals surface area contributed by atoms with Gasteiger partial charge in [-0.2, -0.15) is 4.98 Å². The molecule has 0 aliphatic carbocycles. The monoisotopic (exact) mass is 541 g/mol. The molecule has 0 saturated carbocycles. The molecule has 14 nitrogen and oxygen atoms in total. The van der Waals surface area contributed by atoms with Crippen LogP contribution < -0.4 is 38.3 Å². The first-order chi connectivity index (χ1) is 18.1. The van der Waals surface area contributed by atoms with Crippen molar-refractivity contribution in [3.8, 4) is 5.75 Å². The number of nitrogens with zero attached hydrogens (tertiary/aromatic N) is 5. The Morgan fingerprint density at radius 3 is 2.47 bits per heavy atom. The molecular weight excluding hydrogens is 514 g/mol. The minimum absolute atomic E-state index is 0.0762. The summed E-state index contributed by atoms with van der Waals surface area (Å²) in [5.41, 5.74) is 24.1. The van der Waals surface area contributed by atoms with Crippen molar-refractivity contribution in [3.63, 3.8) is 0 Å². The van der Waals surface area contributed by atoms with Crippen LogP contribution in [-0.2, 0) is 11.2 Å². The highest BCUT2D eigenvalue weighted by atomic mass is 35.5. The molecule has 0 radical (unpaired) electrons. The second-order valence-corrected chi connectivity index (χ2v) is 8.41. The maximum absolute atomic E-state index is 12.2. The van der Waals surface area contributed by atoms with Gasteiger partial charge in [-0.15, -0.1) is 0 Å². The molecule has 2 aromatic heterocycles. The van der Waals surface area contributed by atoms with Crippen LogP contribution in [-0.4, -0.2) is 50.9 Å². The Balaban J connectivity index is 1.36. The highest BCUT2D eigenvalue weighted by Gasteiger charge is 2.16. The second-order valence-electron chi connectivity index (χ2n) is 8.05. The van der Waals surface area contributed by atoms with Crippen molar-refractivity contribution in [2.75, 3.05) is 35.7 Å². The number of halogens is 1. The van der Waals surface area contributed by atoms with Crippen LogP contribution in [0.3, 0.4) is 0 Å². The second kappa shape index (κ2) is 13.0. The number of carbonyl (C=O) groups excluding carboxylic acids is 2. The summed E-state index contributed by atoms with van der Waals surface area (Å²) in [7, 11) is 0. The number of aromatic nitrogens is 4. The number of nitrogens with two attached hydrogens (primary N) is 4. The maximum atomic E-state index is 12.2. The number of carbonyl (C=O) groups is 2. The summed E-state index contributed by atoms with van der Waals surface area (Å²) < 4.78 is 5.51. The number of hydrogen-bond acceptors (Lipinski definition) is 11. The van der Waals surface area contributed by atoms with Gasteiger partial charge in [0, 0.05) is 18.3 Å². The molecule has 200 valence electrons. The van der Waals surface area contributed by atoms with E-state index in [4.69, 9.17) is 39.3 Å². The molecule has 2 heterocycles. The largest absolute Gasteiger partial charge is 0.484 e. The molecule has 0 fully saturated rings. The Hall–Kier alpha value is -4.72. The van der Waals surface area contributed by atoms with E-state index in [-0.39, 0.29) is 46.8 Å². The third kappa shape index (κ3) is 8.44. The Kier molecular flexibility index (Phi) is 9.54. The number of rotatable bonds is 10. The third-order valence-corrected chi connectivity index (χ3v) is 5.21. The van der Waals surface area contributed by atoms with E-state index < -0.39 is 11.8 Å². The predicted molar refractivity (Wildman–Crippen MR) is 145 cm³/mol. The molecule has 0 bridgehead atoms. The molecule has 0 spiro atoms. The van der Waals surface area contributed by atoms with Gasteiger partial charge in [0.25, 0.3) is 11.8 Å². The average Bonchev–Trinajstić information content (AvgIpc) is 2.84. The molecule has 10 N–H and O–H groups in total. The molecule has 2 amide bonds. The summed E-state index contributed by atoms with van der Waals surface area (Å²) in [6.07, 6.45) is 2.36. The smallest absolute Gasteiger partial charge is 0.280 e. The van der Waals surface area contributed by atoms with Crippen molar-refractivity contribution < 1.29 is 14.3 Å². The van der Waals surface area contributed by atoms with E-state index in [1.165, 1.54) is 0 Å². The zero-order valence-corrected chi connectivity index (χ0v) is 21.3. The number of nitrogen functional groups attached to an aromatic ring is 3. The maximum Gasteiger partial charge on any atom is 0.280 e. The molecule has 0 atom stereocenters. The van der Waals surface area contributed by atoms with Gasteiger partial charge in [-0.1, -0.05) is 23.7 Å². The van der Waals surface area contributed by atoms with Gasteiger partial charge in [0.15, 0.2) is 35.0 Å². The Bertz CT molecular complexity index is 1310. The predicted octanol–water partition coefficient (Wildman–Crippen LogP) is 1.06. The fourth-order valence-corrected chi connectivity index (χ4v) is 3.30. The van der Waals surface area contributed by atoms with Crippen molar-refractivity contribution in [3.05, 3.63) is 52.4 Å². The van der Waals surface area contributed by atoms with Crippen molar-refractivity contribution in [2.45, 2.75) is 26.2 Å². The normalized spacial score (nSPS) is 11.2. The number of unbranched alkanes of at least 4 members (excludes halogenated alkanes) is 1. The number of ether oxygens (including phenoxy) is 1. The van der Waals surface area contributed by atoms with Crippen LogP contribution in [0.2, 0.25) is 5.15 Å². The molecule has 0 aliphatic rings. The number of hydrogen-bond donors (Lipinski definition) is 6. The van der Waals surface area contributed by atoms with Crippen molar-refractivity contribution in [1.29, 1.82) is 0 Å². The quantitative estimate of drug-likeness (QED) is 0.120. The Morgan fingerprint density at radius 1 is 1.03 bits per heavy atom. The zero-order valence-electron chi connectivity index (χ0n) is 20.6. The van der Waals surface area contributed by atoms with Crippen LogP contribution in [0.25, 0.3) is 0 Å². The fourth-order valence-electron chi connectivity index (χ4n) is 3.17. The first kappa shape index (κ1) is 27.9. The molecule has 38 heavy (non-hydrogen) atoms. The van der Waals surface area contributed by atoms with Crippen molar-refractivity contribution in [1.82, 2.24) is 25.3 Å². The first-order valence-corrected chi connectivity index (χ1v) is 11.8. The molecule has 15 heteroatoms. The van der Waals surface area contributed by atoms with Gasteiger partial charge in [-0.3, -0.25) is 25.2 Å². The summed E-state index contributed by atoms with van der Waals surface area (Å²) in [5.74, 6) is -0.457. The number of guanidine groups is 1. The lowest BCUT2D eigenvalue weighted by Crippen LogP contribution is -2.38. The summed E-state index contributed by atoms with van der Waals surface area (Å²) in [4.78, 5) is 44.0. The van der Waals surface area contributed by atoms with Gasteiger partial charge in [-0.05, 0) is 43.9 Å². The van der Waals surface area contributed by atoms with E-state index >= 15 is 0 Å². The summed E-state index contributed by atoms with van der Waals surface area (Å²) in [6, 6.07) is 9.00. The highest BCUT2D eigenvalue weighted by molar-refractivity contribution is 6.31. The third-order valence-electron chi connectivity index (χ3n) is 4.94. The first-order valence-electron chi connectivity index (χ1n) is 11.4. The Labute approximate surface area is 223 Å². The lowest BCUT2D eigenvalue weighted by Gasteiger charge is -2.08. The van der Waals surface area contributed by atoms with E-state index in [2.05, 4.69) is 35.6 Å². The standard InChI is InChI=1S/C23H28ClN11O3/c1-12-10-15(25)31-23(30-12)32-16(36)11-38-14-7-5-13(6-8-14)4-2-3-9-29-22(28)35-21(37)17-19(26)34-20(27)18(24)33-17/h5-8,10H,2-4,9,11H2,1H3,(H4,26,27,34)(H3,28,29,35,37)(H3,25,30,31,32,36). The zero-order chi connectivity index (χ0) is 27.7. The van der Waals surface area contributed by atoms with Gasteiger partial charge in [0.05, 0.1) is 0 Å². The van der Waals surface area contributed by atoms with Gasteiger partial charge >= 0.3 is 0 Å². The number of amides is 2. The van der Waals surface area contributed by atoms with Gasteiger partial charge < -0.3 is 27.7 Å². The average molecular weight is 542 g/mol. The number of benzene rings is 1. The molecule has 3 aromatic rings. The minimum Gasteiger partial charge on any atom is -0.484 e. The van der Waals surface area contributed by atoms with Crippen LogP contribution >= 0.6 is 11.6 Å². The Morgan fingerprint density at radius 2 is 1.76 bits per heavy atom. The SMILES string of the molecule is Cc1cc(N)nc(NC(=O)COc2ccc(CCCCN=C(N)NC(=O)c3nc(Cl)c(N)nc3N)cc2)n1. The van der Waals surface area contributed by atoms with Gasteiger partial charge in [0.1, 0.15) is 11.6 Å². The van der Waals surface area contributed by atoms with Crippen LogP contribution in [0.15, 0.2) is 35.3 Å².